The van der Waals surface area contributed by atoms with Gasteiger partial charge in [0, 0.05) is 32.6 Å². The Hall–Kier alpha value is -1.81. The molecular formula is C12H12ClN3O. The highest BCUT2D eigenvalue weighted by atomic mass is 35.5. The number of carbonyl (C=O) groups excluding carboxylic acids is 1. The molecule has 0 radical (unpaired) electrons. The number of imidazole rings is 1. The van der Waals surface area contributed by atoms with E-state index < -0.39 is 0 Å². The van der Waals surface area contributed by atoms with Gasteiger partial charge in [0.15, 0.2) is 0 Å². The van der Waals surface area contributed by atoms with Gasteiger partial charge in [-0.1, -0.05) is 11.6 Å². The van der Waals surface area contributed by atoms with Crippen LogP contribution in [-0.2, 0) is 0 Å². The standard InChI is InChI=1S/C12H12ClN3O/c1-15(2)6-5-11(17)10-7-14-12-4-3-9(13)8-16(10)12/h3-8H,1-2H3. The Morgan fingerprint density at radius 2 is 2.24 bits per heavy atom. The maximum Gasteiger partial charge on any atom is 0.205 e. The first-order valence-corrected chi connectivity index (χ1v) is 5.47. The molecule has 0 bridgehead atoms. The average Bonchev–Trinajstić information content (AvgIpc) is 2.68. The second-order valence-electron chi connectivity index (χ2n) is 3.86. The van der Waals surface area contributed by atoms with Gasteiger partial charge in [-0.25, -0.2) is 4.98 Å². The second-order valence-corrected chi connectivity index (χ2v) is 4.30. The predicted octanol–water partition coefficient (Wildman–Crippen LogP) is 2.25. The van der Waals surface area contributed by atoms with Gasteiger partial charge >= 0.3 is 0 Å². The van der Waals surface area contributed by atoms with Crippen molar-refractivity contribution in [3.63, 3.8) is 0 Å². The van der Waals surface area contributed by atoms with Crippen LogP contribution >= 0.6 is 11.6 Å². The molecule has 0 unspecified atom stereocenters. The highest BCUT2D eigenvalue weighted by Crippen LogP contribution is 2.13. The van der Waals surface area contributed by atoms with Crippen LogP contribution in [0.2, 0.25) is 5.02 Å². The van der Waals surface area contributed by atoms with Crippen LogP contribution in [0.5, 0.6) is 0 Å². The zero-order chi connectivity index (χ0) is 12.4. The Bertz CT molecular complexity index is 586. The fraction of sp³-hybridized carbons (Fsp3) is 0.167. The van der Waals surface area contributed by atoms with Crippen LogP contribution in [-0.4, -0.2) is 34.2 Å². The van der Waals surface area contributed by atoms with Crippen LogP contribution in [0.3, 0.4) is 0 Å². The predicted molar refractivity (Wildman–Crippen MR) is 67.4 cm³/mol. The molecule has 4 nitrogen and oxygen atoms in total. The lowest BCUT2D eigenvalue weighted by Gasteiger charge is -2.02. The molecule has 0 saturated heterocycles. The Balaban J connectivity index is 2.42. The first-order chi connectivity index (χ1) is 8.08. The molecule has 0 fully saturated rings. The van der Waals surface area contributed by atoms with Crippen molar-refractivity contribution >= 4 is 23.0 Å². The van der Waals surface area contributed by atoms with Crippen molar-refractivity contribution in [1.82, 2.24) is 14.3 Å². The molecule has 2 heterocycles. The number of fused-ring (bicyclic) bond motifs is 1. The monoisotopic (exact) mass is 249 g/mol. The summed E-state index contributed by atoms with van der Waals surface area (Å²) >= 11 is 5.89. The van der Waals surface area contributed by atoms with Gasteiger partial charge in [0.1, 0.15) is 11.3 Å². The van der Waals surface area contributed by atoms with Crippen LogP contribution in [0, 0.1) is 0 Å². The molecule has 0 saturated carbocycles. The number of allylic oxidation sites excluding steroid dienone is 1. The Morgan fingerprint density at radius 1 is 1.47 bits per heavy atom. The number of halogens is 1. The van der Waals surface area contributed by atoms with Crippen LogP contribution in [0.1, 0.15) is 10.5 Å². The molecule has 0 N–H and O–H groups in total. The van der Waals surface area contributed by atoms with Crippen molar-refractivity contribution in [2.45, 2.75) is 0 Å². The van der Waals surface area contributed by atoms with E-state index >= 15 is 0 Å². The van der Waals surface area contributed by atoms with E-state index in [1.807, 2.05) is 14.1 Å². The molecule has 0 aliphatic carbocycles. The van der Waals surface area contributed by atoms with Gasteiger partial charge in [-0.3, -0.25) is 9.20 Å². The summed E-state index contributed by atoms with van der Waals surface area (Å²) in [4.78, 5) is 17.9. The lowest BCUT2D eigenvalue weighted by atomic mass is 10.3. The van der Waals surface area contributed by atoms with Gasteiger partial charge < -0.3 is 4.90 Å². The van der Waals surface area contributed by atoms with Crippen molar-refractivity contribution in [1.29, 1.82) is 0 Å². The molecule has 0 aromatic carbocycles. The van der Waals surface area contributed by atoms with E-state index in [9.17, 15) is 4.79 Å². The zero-order valence-electron chi connectivity index (χ0n) is 9.59. The summed E-state index contributed by atoms with van der Waals surface area (Å²) < 4.78 is 1.69. The molecule has 0 aliphatic heterocycles. The molecule has 88 valence electrons. The van der Waals surface area contributed by atoms with Crippen LogP contribution < -0.4 is 0 Å². The van der Waals surface area contributed by atoms with E-state index in [0.717, 1.165) is 0 Å². The summed E-state index contributed by atoms with van der Waals surface area (Å²) in [6, 6.07) is 3.52. The maximum atomic E-state index is 11.9. The summed E-state index contributed by atoms with van der Waals surface area (Å²) in [6.07, 6.45) is 6.44. The summed E-state index contributed by atoms with van der Waals surface area (Å²) in [5.74, 6) is -0.103. The third-order valence-electron chi connectivity index (χ3n) is 2.25. The molecule has 0 atom stereocenters. The van der Waals surface area contributed by atoms with Crippen LogP contribution in [0.15, 0.2) is 36.8 Å². The summed E-state index contributed by atoms with van der Waals surface area (Å²) in [6.45, 7) is 0. The normalized spacial score (nSPS) is 11.2. The van der Waals surface area contributed by atoms with Gasteiger partial charge in [0.25, 0.3) is 0 Å². The Labute approximate surface area is 104 Å². The van der Waals surface area contributed by atoms with E-state index in [1.54, 1.807) is 40.0 Å². The van der Waals surface area contributed by atoms with Gasteiger partial charge in [0.05, 0.1) is 11.2 Å². The lowest BCUT2D eigenvalue weighted by molar-refractivity contribution is 0.104. The minimum absolute atomic E-state index is 0.103. The Kier molecular flexibility index (Phi) is 3.15. The molecule has 0 amide bonds. The summed E-state index contributed by atoms with van der Waals surface area (Å²) in [5.41, 5.74) is 1.21. The molecule has 2 aromatic heterocycles. The van der Waals surface area contributed by atoms with Crippen molar-refractivity contribution in [2.75, 3.05) is 14.1 Å². The van der Waals surface area contributed by atoms with E-state index in [4.69, 9.17) is 11.6 Å². The smallest absolute Gasteiger partial charge is 0.205 e. The molecule has 2 aromatic rings. The molecule has 5 heteroatoms. The number of nitrogens with zero attached hydrogens (tertiary/aromatic N) is 3. The molecule has 0 aliphatic rings. The second kappa shape index (κ2) is 4.59. The van der Waals surface area contributed by atoms with Crippen molar-refractivity contribution in [2.24, 2.45) is 0 Å². The molecular weight excluding hydrogens is 238 g/mol. The first kappa shape index (κ1) is 11.7. The van der Waals surface area contributed by atoms with Gasteiger partial charge in [0.2, 0.25) is 5.78 Å². The quantitative estimate of drug-likeness (QED) is 0.619. The molecule has 2 rings (SSSR count). The highest BCUT2D eigenvalue weighted by molar-refractivity contribution is 6.30. The van der Waals surface area contributed by atoms with Crippen molar-refractivity contribution in [3.05, 3.63) is 47.5 Å². The van der Waals surface area contributed by atoms with E-state index in [1.165, 1.54) is 6.08 Å². The topological polar surface area (TPSA) is 37.6 Å². The van der Waals surface area contributed by atoms with E-state index in [-0.39, 0.29) is 5.78 Å². The number of rotatable bonds is 3. The number of aromatic nitrogens is 2. The number of pyridine rings is 1. The molecule has 17 heavy (non-hydrogen) atoms. The number of carbonyl (C=O) groups is 1. The van der Waals surface area contributed by atoms with Crippen LogP contribution in [0.4, 0.5) is 0 Å². The van der Waals surface area contributed by atoms with Crippen molar-refractivity contribution < 1.29 is 4.79 Å². The highest BCUT2D eigenvalue weighted by Gasteiger charge is 2.09. The van der Waals surface area contributed by atoms with Gasteiger partial charge in [-0.15, -0.1) is 0 Å². The van der Waals surface area contributed by atoms with E-state index in [0.29, 0.717) is 16.4 Å². The maximum absolute atomic E-state index is 11.9. The lowest BCUT2D eigenvalue weighted by Crippen LogP contribution is -2.04. The number of hydrogen-bond donors (Lipinski definition) is 0. The summed E-state index contributed by atoms with van der Waals surface area (Å²) in [7, 11) is 3.71. The van der Waals surface area contributed by atoms with Crippen molar-refractivity contribution in [3.8, 4) is 0 Å². The Morgan fingerprint density at radius 3 is 2.94 bits per heavy atom. The largest absolute Gasteiger partial charge is 0.383 e. The average molecular weight is 250 g/mol. The number of ketones is 1. The summed E-state index contributed by atoms with van der Waals surface area (Å²) in [5, 5.41) is 0.570. The first-order valence-electron chi connectivity index (χ1n) is 5.09. The van der Waals surface area contributed by atoms with Crippen LogP contribution in [0.25, 0.3) is 5.65 Å². The number of hydrogen-bond acceptors (Lipinski definition) is 3. The van der Waals surface area contributed by atoms with E-state index in [2.05, 4.69) is 4.98 Å². The fourth-order valence-electron chi connectivity index (χ4n) is 1.44. The molecule has 0 spiro atoms. The zero-order valence-corrected chi connectivity index (χ0v) is 10.3. The van der Waals surface area contributed by atoms with Gasteiger partial charge in [-0.05, 0) is 12.1 Å². The third-order valence-corrected chi connectivity index (χ3v) is 2.47. The minimum atomic E-state index is -0.103. The SMILES string of the molecule is CN(C)C=CC(=O)c1cnc2ccc(Cl)cn12. The fourth-order valence-corrected chi connectivity index (χ4v) is 1.60. The minimum Gasteiger partial charge on any atom is -0.383 e. The van der Waals surface area contributed by atoms with Gasteiger partial charge in [-0.2, -0.15) is 0 Å². The third kappa shape index (κ3) is 2.47.